The third-order valence-corrected chi connectivity index (χ3v) is 3.29. The fourth-order valence-electron chi connectivity index (χ4n) is 2.35. The van der Waals surface area contributed by atoms with Crippen LogP contribution in [-0.2, 0) is 9.53 Å². The Morgan fingerprint density at radius 1 is 1.22 bits per heavy atom. The van der Waals surface area contributed by atoms with Gasteiger partial charge in [0.15, 0.2) is 0 Å². The van der Waals surface area contributed by atoms with Crippen molar-refractivity contribution in [2.45, 2.75) is 26.3 Å². The van der Waals surface area contributed by atoms with Crippen LogP contribution in [0.5, 0.6) is 0 Å². The van der Waals surface area contributed by atoms with E-state index in [1.165, 1.54) is 0 Å². The number of ether oxygens (including phenoxy) is 1. The molecule has 2 rings (SSSR count). The summed E-state index contributed by atoms with van der Waals surface area (Å²) >= 11 is 0. The molecule has 0 bridgehead atoms. The van der Waals surface area contributed by atoms with Crippen molar-refractivity contribution in [2.24, 2.45) is 5.92 Å². The van der Waals surface area contributed by atoms with E-state index in [0.717, 1.165) is 6.42 Å². The molecule has 100 valence electrons. The number of aromatic nitrogens is 1. The molecule has 0 aromatic carbocycles. The first-order chi connectivity index (χ1) is 8.68. The van der Waals surface area contributed by atoms with Gasteiger partial charge in [-0.3, -0.25) is 4.79 Å². The fraction of sp³-hybridized carbons (Fsp3) is 0.643. The van der Waals surface area contributed by atoms with E-state index < -0.39 is 0 Å². The molecule has 1 aromatic heterocycles. The number of nitrogens with zero attached hydrogens (tertiary/aromatic N) is 2. The standard InChI is InChI=1S/C14H22N2O2/c1-12(2)11-13(15-5-3-4-6-15)14(17)16-7-9-18-10-8-16/h3-6,12-13H,7-11H2,1-2H3/t13-/m0/s1. The lowest BCUT2D eigenvalue weighted by molar-refractivity contribution is -0.139. The first-order valence-corrected chi connectivity index (χ1v) is 6.67. The maximum absolute atomic E-state index is 12.6. The average Bonchev–Trinajstić information content (AvgIpc) is 2.89. The maximum atomic E-state index is 12.6. The maximum Gasteiger partial charge on any atom is 0.245 e. The number of amides is 1. The lowest BCUT2D eigenvalue weighted by Gasteiger charge is -2.31. The summed E-state index contributed by atoms with van der Waals surface area (Å²) in [7, 11) is 0. The Kier molecular flexibility index (Phi) is 4.42. The number of hydrogen-bond acceptors (Lipinski definition) is 2. The molecule has 2 heterocycles. The quantitative estimate of drug-likeness (QED) is 0.818. The van der Waals surface area contributed by atoms with Crippen LogP contribution >= 0.6 is 0 Å². The van der Waals surface area contributed by atoms with Gasteiger partial charge >= 0.3 is 0 Å². The summed E-state index contributed by atoms with van der Waals surface area (Å²) in [5, 5.41) is 0. The molecular formula is C14H22N2O2. The van der Waals surface area contributed by atoms with Gasteiger partial charge in [-0.25, -0.2) is 0 Å². The Labute approximate surface area is 109 Å². The average molecular weight is 250 g/mol. The predicted octanol–water partition coefficient (Wildman–Crippen LogP) is 1.93. The molecule has 1 amide bonds. The van der Waals surface area contributed by atoms with Crippen molar-refractivity contribution in [3.05, 3.63) is 24.5 Å². The second kappa shape index (κ2) is 6.05. The van der Waals surface area contributed by atoms with Crippen LogP contribution in [0.4, 0.5) is 0 Å². The van der Waals surface area contributed by atoms with Gasteiger partial charge in [0, 0.05) is 25.5 Å². The molecule has 1 aliphatic rings. The molecule has 0 radical (unpaired) electrons. The first kappa shape index (κ1) is 13.1. The highest BCUT2D eigenvalue weighted by atomic mass is 16.5. The van der Waals surface area contributed by atoms with Crippen LogP contribution in [0, 0.1) is 5.92 Å². The van der Waals surface area contributed by atoms with Crippen molar-refractivity contribution < 1.29 is 9.53 Å². The number of rotatable bonds is 4. The van der Waals surface area contributed by atoms with Crippen molar-refractivity contribution in [2.75, 3.05) is 26.3 Å². The van der Waals surface area contributed by atoms with E-state index in [-0.39, 0.29) is 11.9 Å². The second-order valence-corrected chi connectivity index (χ2v) is 5.21. The molecular weight excluding hydrogens is 228 g/mol. The highest BCUT2D eigenvalue weighted by Gasteiger charge is 2.27. The Balaban J connectivity index is 2.10. The molecule has 0 unspecified atom stereocenters. The van der Waals surface area contributed by atoms with E-state index in [0.29, 0.717) is 32.2 Å². The molecule has 0 spiro atoms. The summed E-state index contributed by atoms with van der Waals surface area (Å²) in [6, 6.07) is 3.87. The third-order valence-electron chi connectivity index (χ3n) is 3.29. The molecule has 1 saturated heterocycles. The van der Waals surface area contributed by atoms with Crippen molar-refractivity contribution in [1.29, 1.82) is 0 Å². The van der Waals surface area contributed by atoms with E-state index in [1.807, 2.05) is 34.0 Å². The first-order valence-electron chi connectivity index (χ1n) is 6.67. The normalized spacial score (nSPS) is 18.1. The van der Waals surface area contributed by atoms with E-state index in [9.17, 15) is 4.79 Å². The molecule has 0 N–H and O–H groups in total. The molecule has 4 heteroatoms. The van der Waals surface area contributed by atoms with E-state index in [1.54, 1.807) is 0 Å². The van der Waals surface area contributed by atoms with Gasteiger partial charge < -0.3 is 14.2 Å². The van der Waals surface area contributed by atoms with Crippen LogP contribution in [0.1, 0.15) is 26.3 Å². The topological polar surface area (TPSA) is 34.5 Å². The van der Waals surface area contributed by atoms with Crippen molar-refractivity contribution in [1.82, 2.24) is 9.47 Å². The van der Waals surface area contributed by atoms with Gasteiger partial charge in [0.1, 0.15) is 6.04 Å². The van der Waals surface area contributed by atoms with Crippen LogP contribution in [0.2, 0.25) is 0 Å². The zero-order valence-corrected chi connectivity index (χ0v) is 11.2. The van der Waals surface area contributed by atoms with Gasteiger partial charge in [-0.15, -0.1) is 0 Å². The fourth-order valence-corrected chi connectivity index (χ4v) is 2.35. The minimum atomic E-state index is -0.0712. The van der Waals surface area contributed by atoms with Gasteiger partial charge in [-0.1, -0.05) is 13.8 Å². The lowest BCUT2D eigenvalue weighted by atomic mass is 10.0. The van der Waals surface area contributed by atoms with E-state index >= 15 is 0 Å². The summed E-state index contributed by atoms with van der Waals surface area (Å²) in [6.45, 7) is 7.06. The summed E-state index contributed by atoms with van der Waals surface area (Å²) < 4.78 is 7.33. The third kappa shape index (κ3) is 3.13. The zero-order chi connectivity index (χ0) is 13.0. The largest absolute Gasteiger partial charge is 0.378 e. The number of carbonyl (C=O) groups excluding carboxylic acids is 1. The second-order valence-electron chi connectivity index (χ2n) is 5.21. The highest BCUT2D eigenvalue weighted by Crippen LogP contribution is 2.21. The highest BCUT2D eigenvalue weighted by molar-refractivity contribution is 5.80. The number of carbonyl (C=O) groups is 1. The summed E-state index contributed by atoms with van der Waals surface area (Å²) in [5.41, 5.74) is 0. The van der Waals surface area contributed by atoms with Gasteiger partial charge in [-0.2, -0.15) is 0 Å². The van der Waals surface area contributed by atoms with Crippen molar-refractivity contribution >= 4 is 5.91 Å². The Hall–Kier alpha value is -1.29. The molecule has 1 atom stereocenters. The molecule has 1 aliphatic heterocycles. The van der Waals surface area contributed by atoms with Crippen LogP contribution in [0.3, 0.4) is 0 Å². The van der Waals surface area contributed by atoms with Gasteiger partial charge in [0.05, 0.1) is 13.2 Å². The van der Waals surface area contributed by atoms with Crippen molar-refractivity contribution in [3.63, 3.8) is 0 Å². The van der Waals surface area contributed by atoms with Crippen LogP contribution in [0.25, 0.3) is 0 Å². The molecule has 18 heavy (non-hydrogen) atoms. The predicted molar refractivity (Wildman–Crippen MR) is 70.3 cm³/mol. The Morgan fingerprint density at radius 3 is 2.39 bits per heavy atom. The zero-order valence-electron chi connectivity index (χ0n) is 11.2. The summed E-state index contributed by atoms with van der Waals surface area (Å²) in [6.07, 6.45) is 4.83. The van der Waals surface area contributed by atoms with Gasteiger partial charge in [0.25, 0.3) is 0 Å². The SMILES string of the molecule is CC(C)C[C@@H](C(=O)N1CCOCC1)n1cccc1. The number of morpholine rings is 1. The molecule has 1 fully saturated rings. The molecule has 0 aliphatic carbocycles. The number of hydrogen-bond donors (Lipinski definition) is 0. The Bertz CT molecular complexity index is 367. The Morgan fingerprint density at radius 2 is 1.83 bits per heavy atom. The van der Waals surface area contributed by atoms with Crippen LogP contribution in [-0.4, -0.2) is 41.7 Å². The van der Waals surface area contributed by atoms with Gasteiger partial charge in [-0.05, 0) is 24.5 Å². The summed E-state index contributed by atoms with van der Waals surface area (Å²) in [4.78, 5) is 14.5. The molecule has 0 saturated carbocycles. The van der Waals surface area contributed by atoms with Gasteiger partial charge in [0.2, 0.25) is 5.91 Å². The lowest BCUT2D eigenvalue weighted by Crippen LogP contribution is -2.44. The van der Waals surface area contributed by atoms with Crippen LogP contribution < -0.4 is 0 Å². The minimum absolute atomic E-state index is 0.0712. The van der Waals surface area contributed by atoms with E-state index in [4.69, 9.17) is 4.74 Å². The molecule has 4 nitrogen and oxygen atoms in total. The smallest absolute Gasteiger partial charge is 0.245 e. The van der Waals surface area contributed by atoms with E-state index in [2.05, 4.69) is 13.8 Å². The monoisotopic (exact) mass is 250 g/mol. The summed E-state index contributed by atoms with van der Waals surface area (Å²) in [5.74, 6) is 0.727. The minimum Gasteiger partial charge on any atom is -0.378 e. The van der Waals surface area contributed by atoms with Crippen LogP contribution in [0.15, 0.2) is 24.5 Å². The molecule has 1 aromatic rings. The van der Waals surface area contributed by atoms with Crippen molar-refractivity contribution in [3.8, 4) is 0 Å².